The molecule has 1 rings (SSSR count). The molecular formula is C18H29NO4. The molecule has 0 saturated heterocycles. The maximum atomic E-state index is 11.9. The van der Waals surface area contributed by atoms with Crippen molar-refractivity contribution in [2.45, 2.75) is 65.2 Å². The molecule has 0 spiro atoms. The summed E-state index contributed by atoms with van der Waals surface area (Å²) in [5, 5.41) is 3.11. The van der Waals surface area contributed by atoms with Crippen LogP contribution in [0.4, 0.5) is 0 Å². The van der Waals surface area contributed by atoms with Crippen molar-refractivity contribution in [1.29, 1.82) is 0 Å². The summed E-state index contributed by atoms with van der Waals surface area (Å²) in [5.41, 5.74) is 0.963. The van der Waals surface area contributed by atoms with E-state index >= 15 is 0 Å². The zero-order valence-electron chi connectivity index (χ0n) is 14.4. The quantitative estimate of drug-likeness (QED) is 0.350. The van der Waals surface area contributed by atoms with Crippen LogP contribution in [0, 0.1) is 0 Å². The summed E-state index contributed by atoms with van der Waals surface area (Å²) in [7, 11) is 0. The number of ether oxygens (including phenoxy) is 2. The molecule has 0 atom stereocenters. The fourth-order valence-electron chi connectivity index (χ4n) is 2.46. The van der Waals surface area contributed by atoms with Gasteiger partial charge in [-0.25, -0.2) is 9.59 Å². The zero-order chi connectivity index (χ0) is 16.9. The maximum Gasteiger partial charge on any atom is 0.347 e. The highest BCUT2D eigenvalue weighted by Gasteiger charge is 2.21. The van der Waals surface area contributed by atoms with Gasteiger partial charge >= 0.3 is 11.9 Å². The predicted octanol–water partition coefficient (Wildman–Crippen LogP) is 3.60. The standard InChI is InChI=1S/C18H29NO4/c1-3-22-17(20)16(18(21)23-4-2)14-19-15-12-10-8-6-5-7-9-11-13-15/h12,14,19H,3-11,13H2,1-2H3. The number of hydrogen-bond donors (Lipinski definition) is 1. The number of allylic oxidation sites excluding steroid dienone is 2. The molecule has 0 saturated carbocycles. The second-order valence-electron chi connectivity index (χ2n) is 5.53. The van der Waals surface area contributed by atoms with Crippen LogP contribution in [0.25, 0.3) is 0 Å². The van der Waals surface area contributed by atoms with Gasteiger partial charge in [0.05, 0.1) is 13.2 Å². The monoisotopic (exact) mass is 323 g/mol. The van der Waals surface area contributed by atoms with E-state index in [0.717, 1.165) is 25.0 Å². The molecule has 1 N–H and O–H groups in total. The van der Waals surface area contributed by atoms with Crippen LogP contribution < -0.4 is 5.32 Å². The summed E-state index contributed by atoms with van der Waals surface area (Å²) in [5.74, 6) is -1.31. The summed E-state index contributed by atoms with van der Waals surface area (Å²) in [6, 6.07) is 0. The van der Waals surface area contributed by atoms with E-state index in [9.17, 15) is 9.59 Å². The molecule has 5 nitrogen and oxygen atoms in total. The van der Waals surface area contributed by atoms with E-state index in [4.69, 9.17) is 9.47 Å². The Kier molecular flexibility index (Phi) is 9.84. The molecular weight excluding hydrogens is 294 g/mol. The Morgan fingerprint density at radius 2 is 1.57 bits per heavy atom. The van der Waals surface area contributed by atoms with Crippen LogP contribution in [0.2, 0.25) is 0 Å². The fraction of sp³-hybridized carbons (Fsp3) is 0.667. The highest BCUT2D eigenvalue weighted by atomic mass is 16.6. The van der Waals surface area contributed by atoms with Gasteiger partial charge in [-0.15, -0.1) is 0 Å². The normalized spacial score (nSPS) is 15.8. The Bertz CT molecular complexity index is 420. The lowest BCUT2D eigenvalue weighted by Crippen LogP contribution is -2.21. The molecule has 0 aromatic heterocycles. The Hall–Kier alpha value is -1.78. The molecule has 0 aromatic rings. The first-order chi connectivity index (χ1) is 11.2. The van der Waals surface area contributed by atoms with E-state index in [1.165, 1.54) is 38.3 Å². The molecule has 130 valence electrons. The predicted molar refractivity (Wildman–Crippen MR) is 89.5 cm³/mol. The van der Waals surface area contributed by atoms with Gasteiger partial charge in [-0.3, -0.25) is 0 Å². The van der Waals surface area contributed by atoms with Crippen LogP contribution in [-0.4, -0.2) is 25.2 Å². The van der Waals surface area contributed by atoms with E-state index in [1.54, 1.807) is 13.8 Å². The molecule has 0 fully saturated rings. The molecule has 0 bridgehead atoms. The zero-order valence-corrected chi connectivity index (χ0v) is 14.4. The van der Waals surface area contributed by atoms with Crippen molar-refractivity contribution in [3.05, 3.63) is 23.5 Å². The number of hydrogen-bond acceptors (Lipinski definition) is 5. The minimum atomic E-state index is -0.654. The SMILES string of the molecule is CCOC(=O)C(=CNC1=CCCCCCCCC1)C(=O)OCC. The van der Waals surface area contributed by atoms with Gasteiger partial charge in [0.2, 0.25) is 0 Å². The van der Waals surface area contributed by atoms with E-state index in [0.29, 0.717) is 0 Å². The van der Waals surface area contributed by atoms with Crippen LogP contribution in [0.5, 0.6) is 0 Å². The molecule has 1 aliphatic carbocycles. The Morgan fingerprint density at radius 1 is 1.00 bits per heavy atom. The molecule has 23 heavy (non-hydrogen) atoms. The van der Waals surface area contributed by atoms with Gasteiger partial charge in [0.25, 0.3) is 0 Å². The van der Waals surface area contributed by atoms with Crippen LogP contribution in [-0.2, 0) is 19.1 Å². The van der Waals surface area contributed by atoms with Gasteiger partial charge in [0, 0.05) is 11.9 Å². The largest absolute Gasteiger partial charge is 0.462 e. The van der Waals surface area contributed by atoms with Gasteiger partial charge < -0.3 is 14.8 Å². The molecule has 0 unspecified atom stereocenters. The molecule has 0 amide bonds. The van der Waals surface area contributed by atoms with Gasteiger partial charge in [0.15, 0.2) is 5.57 Å². The summed E-state index contributed by atoms with van der Waals surface area (Å²) in [6.07, 6.45) is 12.9. The average Bonchev–Trinajstić information content (AvgIpc) is 2.54. The topological polar surface area (TPSA) is 64.6 Å². The van der Waals surface area contributed by atoms with Crippen molar-refractivity contribution in [2.24, 2.45) is 0 Å². The third kappa shape index (κ3) is 7.86. The maximum absolute atomic E-state index is 11.9. The molecule has 0 aromatic carbocycles. The number of carbonyl (C=O) groups excluding carboxylic acids is 2. The van der Waals surface area contributed by atoms with Gasteiger partial charge in [0.1, 0.15) is 0 Å². The fourth-order valence-corrected chi connectivity index (χ4v) is 2.46. The third-order valence-electron chi connectivity index (χ3n) is 3.68. The van der Waals surface area contributed by atoms with Crippen LogP contribution >= 0.6 is 0 Å². The Morgan fingerprint density at radius 3 is 2.17 bits per heavy atom. The van der Waals surface area contributed by atoms with Crippen molar-refractivity contribution in [1.82, 2.24) is 5.32 Å². The van der Waals surface area contributed by atoms with Crippen molar-refractivity contribution in [2.75, 3.05) is 13.2 Å². The van der Waals surface area contributed by atoms with Crippen molar-refractivity contribution >= 4 is 11.9 Å². The van der Waals surface area contributed by atoms with E-state index in [1.807, 2.05) is 0 Å². The van der Waals surface area contributed by atoms with Gasteiger partial charge in [-0.1, -0.05) is 31.8 Å². The molecule has 0 radical (unpaired) electrons. The first-order valence-corrected chi connectivity index (χ1v) is 8.69. The first kappa shape index (κ1) is 19.3. The highest BCUT2D eigenvalue weighted by Crippen LogP contribution is 2.15. The van der Waals surface area contributed by atoms with Crippen LogP contribution in [0.15, 0.2) is 23.5 Å². The smallest absolute Gasteiger partial charge is 0.347 e. The van der Waals surface area contributed by atoms with Gasteiger partial charge in [-0.2, -0.15) is 0 Å². The van der Waals surface area contributed by atoms with Crippen LogP contribution in [0.3, 0.4) is 0 Å². The average molecular weight is 323 g/mol. The second-order valence-corrected chi connectivity index (χ2v) is 5.53. The van der Waals surface area contributed by atoms with E-state index < -0.39 is 11.9 Å². The highest BCUT2D eigenvalue weighted by molar-refractivity contribution is 6.13. The molecule has 5 heteroatoms. The Balaban J connectivity index is 2.76. The Labute approximate surface area is 139 Å². The number of carbonyl (C=O) groups is 2. The lowest BCUT2D eigenvalue weighted by atomic mass is 10.0. The summed E-state index contributed by atoms with van der Waals surface area (Å²) in [4.78, 5) is 23.8. The first-order valence-electron chi connectivity index (χ1n) is 8.69. The minimum Gasteiger partial charge on any atom is -0.462 e. The molecule has 0 aliphatic heterocycles. The van der Waals surface area contributed by atoms with Crippen LogP contribution in [0.1, 0.15) is 65.2 Å². The number of nitrogens with one attached hydrogen (secondary N) is 1. The van der Waals surface area contributed by atoms with E-state index in [-0.39, 0.29) is 18.8 Å². The minimum absolute atomic E-state index is 0.0910. The third-order valence-corrected chi connectivity index (χ3v) is 3.68. The number of esters is 2. The molecule has 0 heterocycles. The van der Waals surface area contributed by atoms with E-state index in [2.05, 4.69) is 11.4 Å². The second kappa shape index (κ2) is 11.7. The van der Waals surface area contributed by atoms with Crippen molar-refractivity contribution in [3.63, 3.8) is 0 Å². The molecule has 1 aliphatic rings. The van der Waals surface area contributed by atoms with Crippen molar-refractivity contribution in [3.8, 4) is 0 Å². The lowest BCUT2D eigenvalue weighted by molar-refractivity contribution is -0.146. The van der Waals surface area contributed by atoms with Gasteiger partial charge in [-0.05, 0) is 39.5 Å². The number of rotatable bonds is 6. The summed E-state index contributed by atoms with van der Waals surface area (Å²) >= 11 is 0. The summed E-state index contributed by atoms with van der Waals surface area (Å²) in [6.45, 7) is 3.85. The lowest BCUT2D eigenvalue weighted by Gasteiger charge is -2.12. The van der Waals surface area contributed by atoms with Crippen molar-refractivity contribution < 1.29 is 19.1 Å². The summed E-state index contributed by atoms with van der Waals surface area (Å²) < 4.78 is 9.85.